The Labute approximate surface area is 190 Å². The Kier molecular flexibility index (Phi) is 6.09. The van der Waals surface area contributed by atoms with Crippen LogP contribution in [0.4, 0.5) is 5.69 Å². The van der Waals surface area contributed by atoms with E-state index in [-0.39, 0.29) is 34.4 Å². The van der Waals surface area contributed by atoms with Gasteiger partial charge in [0.2, 0.25) is 0 Å². The van der Waals surface area contributed by atoms with Crippen LogP contribution in [0.2, 0.25) is 0 Å². The lowest BCUT2D eigenvalue weighted by molar-refractivity contribution is -0.385. The molecule has 1 aromatic heterocycles. The van der Waals surface area contributed by atoms with Gasteiger partial charge in [-0.25, -0.2) is 4.98 Å². The van der Waals surface area contributed by atoms with Crippen molar-refractivity contribution in [3.63, 3.8) is 0 Å². The predicted molar refractivity (Wildman–Crippen MR) is 123 cm³/mol. The number of H-pyrrole nitrogens is 1. The maximum atomic E-state index is 13.4. The van der Waals surface area contributed by atoms with Crippen LogP contribution >= 0.6 is 15.9 Å². The molecule has 0 radical (unpaired) electrons. The molecule has 0 fully saturated rings. The van der Waals surface area contributed by atoms with Crippen molar-refractivity contribution in [1.29, 1.82) is 0 Å². The van der Waals surface area contributed by atoms with Gasteiger partial charge in [-0.1, -0.05) is 42.5 Å². The molecule has 4 rings (SSSR count). The molecule has 1 heterocycles. The first kappa shape index (κ1) is 21.4. The number of aromatic amines is 1. The zero-order valence-corrected chi connectivity index (χ0v) is 18.3. The topological polar surface area (TPSA) is 109 Å². The van der Waals surface area contributed by atoms with Gasteiger partial charge in [0.1, 0.15) is 5.82 Å². The van der Waals surface area contributed by atoms with E-state index in [1.165, 1.54) is 23.1 Å². The monoisotopic (exact) mass is 492 g/mol. The molecule has 3 aromatic carbocycles. The smallest absolute Gasteiger partial charge is 0.284 e. The molecule has 0 saturated heterocycles. The molecule has 160 valence electrons. The number of benzene rings is 3. The van der Waals surface area contributed by atoms with Crippen LogP contribution in [0.3, 0.4) is 0 Å². The van der Waals surface area contributed by atoms with Gasteiger partial charge in [0, 0.05) is 18.2 Å². The van der Waals surface area contributed by atoms with Crippen LogP contribution in [0.5, 0.6) is 0 Å². The Morgan fingerprint density at radius 2 is 1.75 bits per heavy atom. The lowest BCUT2D eigenvalue weighted by Crippen LogP contribution is -2.31. The van der Waals surface area contributed by atoms with Gasteiger partial charge in [0.25, 0.3) is 17.2 Å². The summed E-state index contributed by atoms with van der Waals surface area (Å²) < 4.78 is 0.286. The van der Waals surface area contributed by atoms with Gasteiger partial charge >= 0.3 is 0 Å². The van der Waals surface area contributed by atoms with E-state index in [0.717, 1.165) is 5.56 Å². The number of nitrogens with zero attached hydrogens (tertiary/aromatic N) is 3. The van der Waals surface area contributed by atoms with Crippen molar-refractivity contribution in [2.24, 2.45) is 0 Å². The zero-order valence-electron chi connectivity index (χ0n) is 16.7. The molecule has 0 spiro atoms. The van der Waals surface area contributed by atoms with Crippen LogP contribution in [0.1, 0.15) is 21.7 Å². The minimum Gasteiger partial charge on any atom is -0.327 e. The number of nitrogens with one attached hydrogen (secondary N) is 1. The SMILES string of the molecule is O=C(c1ccc(Br)c([N+](=O)[O-])c1)N(Cc1ccccc1)Cc1nc2ccccc2c(=O)[nH]1. The van der Waals surface area contributed by atoms with Gasteiger partial charge in [0.15, 0.2) is 0 Å². The molecule has 0 aliphatic carbocycles. The molecule has 1 amide bonds. The molecular weight excluding hydrogens is 476 g/mol. The summed E-state index contributed by atoms with van der Waals surface area (Å²) in [5, 5.41) is 11.8. The summed E-state index contributed by atoms with van der Waals surface area (Å²) in [5.41, 5.74) is 1.07. The van der Waals surface area contributed by atoms with Crippen LogP contribution in [0.25, 0.3) is 10.9 Å². The summed E-state index contributed by atoms with van der Waals surface area (Å²) in [4.78, 5) is 45.3. The van der Waals surface area contributed by atoms with E-state index in [1.54, 1.807) is 24.3 Å². The van der Waals surface area contributed by atoms with Crippen LogP contribution < -0.4 is 5.56 Å². The highest BCUT2D eigenvalue weighted by Crippen LogP contribution is 2.26. The molecule has 0 saturated carbocycles. The second-order valence-corrected chi connectivity index (χ2v) is 7.95. The molecular formula is C23H17BrN4O4. The standard InChI is InChI=1S/C23H17BrN4O4/c24-18-11-10-16(12-20(18)28(31)32)23(30)27(13-15-6-2-1-3-7-15)14-21-25-19-9-5-4-8-17(19)22(29)26-21/h1-12H,13-14H2,(H,25,26,29). The van der Waals surface area contributed by atoms with Crippen molar-refractivity contribution >= 4 is 38.4 Å². The van der Waals surface area contributed by atoms with Crippen molar-refractivity contribution in [3.05, 3.63) is 115 Å². The molecule has 0 bridgehead atoms. The van der Waals surface area contributed by atoms with Gasteiger partial charge in [-0.05, 0) is 45.8 Å². The molecule has 9 heteroatoms. The second kappa shape index (κ2) is 9.11. The lowest BCUT2D eigenvalue weighted by Gasteiger charge is -2.22. The van der Waals surface area contributed by atoms with Crippen molar-refractivity contribution in [2.75, 3.05) is 0 Å². The van der Waals surface area contributed by atoms with Crippen LogP contribution in [0, 0.1) is 10.1 Å². The molecule has 0 aliphatic heterocycles. The van der Waals surface area contributed by atoms with E-state index < -0.39 is 10.8 Å². The first-order valence-corrected chi connectivity index (χ1v) is 10.5. The average molecular weight is 493 g/mol. The first-order valence-electron chi connectivity index (χ1n) is 9.67. The summed E-state index contributed by atoms with van der Waals surface area (Å²) >= 11 is 3.14. The maximum absolute atomic E-state index is 13.4. The second-order valence-electron chi connectivity index (χ2n) is 7.10. The maximum Gasteiger partial charge on any atom is 0.284 e. The number of nitro benzene ring substituents is 1. The number of nitro groups is 1. The van der Waals surface area contributed by atoms with Gasteiger partial charge in [-0.15, -0.1) is 0 Å². The van der Waals surface area contributed by atoms with Crippen molar-refractivity contribution in [3.8, 4) is 0 Å². The normalized spacial score (nSPS) is 10.8. The Balaban J connectivity index is 1.72. The fourth-order valence-electron chi connectivity index (χ4n) is 3.36. The van der Waals surface area contributed by atoms with Crippen LogP contribution in [0.15, 0.2) is 82.1 Å². The molecule has 0 atom stereocenters. The Morgan fingerprint density at radius 3 is 2.50 bits per heavy atom. The van der Waals surface area contributed by atoms with E-state index in [9.17, 15) is 19.7 Å². The number of carbonyl (C=O) groups is 1. The number of rotatable bonds is 6. The number of carbonyl (C=O) groups excluding carboxylic acids is 1. The van der Waals surface area contributed by atoms with Gasteiger partial charge < -0.3 is 9.88 Å². The fourth-order valence-corrected chi connectivity index (χ4v) is 3.75. The Bertz CT molecular complexity index is 1370. The van der Waals surface area contributed by atoms with Crippen molar-refractivity contribution in [2.45, 2.75) is 13.1 Å². The van der Waals surface area contributed by atoms with E-state index in [4.69, 9.17) is 0 Å². The average Bonchev–Trinajstić information content (AvgIpc) is 2.79. The summed E-state index contributed by atoms with van der Waals surface area (Å²) in [6, 6.07) is 20.5. The summed E-state index contributed by atoms with van der Waals surface area (Å²) in [7, 11) is 0. The van der Waals surface area contributed by atoms with Crippen molar-refractivity contribution in [1.82, 2.24) is 14.9 Å². The number of fused-ring (bicyclic) bond motifs is 1. The number of para-hydroxylation sites is 1. The van der Waals surface area contributed by atoms with E-state index in [1.807, 2.05) is 30.3 Å². The predicted octanol–water partition coefficient (Wildman–Crippen LogP) is 4.44. The quantitative estimate of drug-likeness (QED) is 0.316. The first-order chi connectivity index (χ1) is 15.4. The van der Waals surface area contributed by atoms with Crippen LogP contribution in [-0.2, 0) is 13.1 Å². The molecule has 0 unspecified atom stereocenters. The third-order valence-corrected chi connectivity index (χ3v) is 5.57. The highest BCUT2D eigenvalue weighted by molar-refractivity contribution is 9.10. The number of halogens is 1. The van der Waals surface area contributed by atoms with E-state index in [2.05, 4.69) is 25.9 Å². The highest BCUT2D eigenvalue weighted by Gasteiger charge is 2.22. The van der Waals surface area contributed by atoms with Crippen molar-refractivity contribution < 1.29 is 9.72 Å². The van der Waals surface area contributed by atoms with Gasteiger partial charge in [-0.2, -0.15) is 0 Å². The summed E-state index contributed by atoms with van der Waals surface area (Å²) in [6.45, 7) is 0.262. The third kappa shape index (κ3) is 4.57. The van der Waals surface area contributed by atoms with Gasteiger partial charge in [-0.3, -0.25) is 19.7 Å². The van der Waals surface area contributed by atoms with Crippen LogP contribution in [-0.4, -0.2) is 25.7 Å². The molecule has 8 nitrogen and oxygen atoms in total. The molecule has 32 heavy (non-hydrogen) atoms. The zero-order chi connectivity index (χ0) is 22.7. The van der Waals surface area contributed by atoms with Gasteiger partial charge in [0.05, 0.1) is 26.8 Å². The third-order valence-electron chi connectivity index (χ3n) is 4.90. The summed E-state index contributed by atoms with van der Waals surface area (Å²) in [6.07, 6.45) is 0. The summed E-state index contributed by atoms with van der Waals surface area (Å²) in [5.74, 6) is -0.0927. The molecule has 0 aliphatic rings. The Morgan fingerprint density at radius 1 is 1.03 bits per heavy atom. The molecule has 1 N–H and O–H groups in total. The number of amides is 1. The lowest BCUT2D eigenvalue weighted by atomic mass is 10.1. The molecule has 4 aromatic rings. The fraction of sp³-hybridized carbons (Fsp3) is 0.0870. The number of hydrogen-bond acceptors (Lipinski definition) is 5. The van der Waals surface area contributed by atoms with E-state index in [0.29, 0.717) is 16.7 Å². The largest absolute Gasteiger partial charge is 0.327 e. The highest BCUT2D eigenvalue weighted by atomic mass is 79.9. The minimum atomic E-state index is -0.551. The number of aromatic nitrogens is 2. The number of hydrogen-bond donors (Lipinski definition) is 1. The Hall–Kier alpha value is -3.85. The van der Waals surface area contributed by atoms with E-state index >= 15 is 0 Å². The minimum absolute atomic E-state index is 0.0255.